The number of fused-ring (bicyclic) bond motifs is 2. The summed E-state index contributed by atoms with van der Waals surface area (Å²) in [6.45, 7) is 5.75. The molecule has 12 heteroatoms. The fourth-order valence-corrected chi connectivity index (χ4v) is 5.34. The van der Waals surface area contributed by atoms with Gasteiger partial charge in [0.2, 0.25) is 0 Å². The molecule has 2 aromatic heterocycles. The Morgan fingerprint density at radius 3 is 1.77 bits per heavy atom. The molecule has 2 unspecified atom stereocenters. The summed E-state index contributed by atoms with van der Waals surface area (Å²) in [4.78, 5) is 28.6. The second kappa shape index (κ2) is 15.0. The van der Waals surface area contributed by atoms with Crippen LogP contribution in [0.15, 0.2) is 36.4 Å². The Hall–Kier alpha value is -1.44. The molecule has 0 saturated carbocycles. The van der Waals surface area contributed by atoms with Gasteiger partial charge in [0.15, 0.2) is 7.91 Å². The predicted molar refractivity (Wildman–Crippen MR) is 144 cm³/mol. The topological polar surface area (TPSA) is 125 Å². The zero-order valence-corrected chi connectivity index (χ0v) is 24.3. The summed E-state index contributed by atoms with van der Waals surface area (Å²) in [5.41, 5.74) is 3.74. The first-order chi connectivity index (χ1) is 15.2. The average molecular weight is 563 g/mol. The van der Waals surface area contributed by atoms with Crippen LogP contribution in [0.5, 0.6) is 0 Å². The number of ether oxygens (including phenoxy) is 1. The average Bonchev–Trinajstić information content (AvgIpc) is 3.32. The van der Waals surface area contributed by atoms with E-state index >= 15 is 0 Å². The molecule has 2 heterocycles. The molecule has 0 aliphatic rings. The van der Waals surface area contributed by atoms with E-state index in [2.05, 4.69) is 9.97 Å². The molecule has 4 rings (SSSR count). The molecule has 0 spiro atoms. The number of carbonyl (C=O) groups is 2. The molecule has 0 bridgehead atoms. The molecule has 7 nitrogen and oxygen atoms in total. The first-order valence-electron chi connectivity index (χ1n) is 9.84. The van der Waals surface area contributed by atoms with E-state index in [4.69, 9.17) is 34.3 Å². The van der Waals surface area contributed by atoms with Crippen molar-refractivity contribution in [3.05, 3.63) is 55.4 Å². The molecule has 4 N–H and O–H groups in total. The third-order valence-electron chi connectivity index (χ3n) is 4.90. The number of esters is 1. The van der Waals surface area contributed by atoms with Crippen LogP contribution in [0, 0.1) is 7.91 Å². The van der Waals surface area contributed by atoms with Crippen LogP contribution in [0.4, 0.5) is 0 Å². The van der Waals surface area contributed by atoms with Crippen molar-refractivity contribution in [3.63, 3.8) is 0 Å². The molecule has 0 saturated heterocycles. The SMILES string of the molecule is C.CC(C(=O)O)c1ccc2[nH]c(=S)sc2c1.CCOC(=O)C(C)c1ccc2[nH]c(=S)sc2c1.[Na+].[OH-]. The van der Waals surface area contributed by atoms with Gasteiger partial charge in [-0.15, -0.1) is 22.7 Å². The Bertz CT molecular complexity index is 1390. The van der Waals surface area contributed by atoms with E-state index in [1.165, 1.54) is 22.7 Å². The fraction of sp³-hybridized carbons (Fsp3) is 0.304. The third-order valence-corrected chi connectivity index (χ3v) is 7.30. The van der Waals surface area contributed by atoms with Gasteiger partial charge in [-0.1, -0.05) is 19.6 Å². The minimum absolute atomic E-state index is 0. The van der Waals surface area contributed by atoms with E-state index in [1.54, 1.807) is 6.92 Å². The number of hydrogen-bond donors (Lipinski definition) is 3. The van der Waals surface area contributed by atoms with Crippen LogP contribution in [-0.2, 0) is 14.3 Å². The minimum Gasteiger partial charge on any atom is -0.870 e. The maximum Gasteiger partial charge on any atom is 1.00 e. The second-order valence-electron chi connectivity index (χ2n) is 7.07. The third kappa shape index (κ3) is 8.57. The summed E-state index contributed by atoms with van der Waals surface area (Å²) in [5.74, 6) is -1.72. The van der Waals surface area contributed by atoms with E-state index in [9.17, 15) is 9.59 Å². The van der Waals surface area contributed by atoms with Crippen LogP contribution in [0.3, 0.4) is 0 Å². The maximum absolute atomic E-state index is 11.6. The summed E-state index contributed by atoms with van der Waals surface area (Å²) in [6, 6.07) is 11.4. The Kier molecular flexibility index (Phi) is 14.3. The van der Waals surface area contributed by atoms with Crippen LogP contribution >= 0.6 is 47.1 Å². The second-order valence-corrected chi connectivity index (χ2v) is 10.5. The first-order valence-corrected chi connectivity index (χ1v) is 12.3. The summed E-state index contributed by atoms with van der Waals surface area (Å²) >= 11 is 13.1. The molecule has 0 fully saturated rings. The van der Waals surface area contributed by atoms with E-state index < -0.39 is 11.9 Å². The Morgan fingerprint density at radius 1 is 0.943 bits per heavy atom. The van der Waals surface area contributed by atoms with Gasteiger partial charge < -0.3 is 25.3 Å². The zero-order chi connectivity index (χ0) is 23.4. The van der Waals surface area contributed by atoms with E-state index in [0.29, 0.717) is 10.6 Å². The van der Waals surface area contributed by atoms with Gasteiger partial charge in [0.05, 0.1) is 38.9 Å². The number of rotatable bonds is 5. The first kappa shape index (κ1) is 33.6. The van der Waals surface area contributed by atoms with Crippen molar-refractivity contribution in [3.8, 4) is 0 Å². The number of aromatic nitrogens is 2. The molecule has 35 heavy (non-hydrogen) atoms. The molecule has 2 atom stereocenters. The molecule has 0 radical (unpaired) electrons. The van der Waals surface area contributed by atoms with E-state index in [1.807, 2.05) is 50.2 Å². The number of aliphatic carboxylic acids is 1. The predicted octanol–water partition coefficient (Wildman–Crippen LogP) is 4.24. The van der Waals surface area contributed by atoms with Gasteiger partial charge in [-0.2, -0.15) is 0 Å². The Balaban J connectivity index is 0.000000612. The quantitative estimate of drug-likeness (QED) is 0.189. The molecule has 4 aromatic rings. The van der Waals surface area contributed by atoms with Crippen molar-refractivity contribution in [2.75, 3.05) is 6.61 Å². The van der Waals surface area contributed by atoms with Gasteiger partial charge in [0.1, 0.15) is 0 Å². The monoisotopic (exact) mass is 562 g/mol. The van der Waals surface area contributed by atoms with Gasteiger partial charge in [-0.25, -0.2) is 0 Å². The van der Waals surface area contributed by atoms with Crippen LogP contribution in [-0.4, -0.2) is 39.1 Å². The van der Waals surface area contributed by atoms with E-state index in [-0.39, 0.29) is 54.3 Å². The largest absolute Gasteiger partial charge is 1.00 e. The minimum atomic E-state index is -0.812. The van der Waals surface area contributed by atoms with Gasteiger partial charge >= 0.3 is 41.5 Å². The van der Waals surface area contributed by atoms with Crippen LogP contribution in [0.2, 0.25) is 0 Å². The van der Waals surface area contributed by atoms with Crippen molar-refractivity contribution in [1.29, 1.82) is 0 Å². The van der Waals surface area contributed by atoms with Crippen molar-refractivity contribution < 1.29 is 54.5 Å². The number of carboxylic acid groups (broad SMARTS) is 1. The summed E-state index contributed by atoms with van der Waals surface area (Å²) in [6.07, 6.45) is 0. The van der Waals surface area contributed by atoms with Crippen molar-refractivity contribution in [2.45, 2.75) is 40.0 Å². The number of aromatic amines is 2. The molecule has 184 valence electrons. The maximum atomic E-state index is 11.6. The fourth-order valence-electron chi connectivity index (χ4n) is 3.01. The number of thiazole rings is 2. The molecule has 0 amide bonds. The summed E-state index contributed by atoms with van der Waals surface area (Å²) in [7, 11) is 0. The molecular weight excluding hydrogens is 536 g/mol. The zero-order valence-electron chi connectivity index (χ0n) is 19.1. The van der Waals surface area contributed by atoms with Crippen molar-refractivity contribution in [2.24, 2.45) is 0 Å². The number of carbonyl (C=O) groups excluding carboxylic acids is 1. The standard InChI is InChI=1S/C12H13NO2S2.C10H9NO2S2.CH4.Na.H2O/c1-3-15-11(14)7(2)8-4-5-9-10(6-8)17-12(16)13-9;1-5(9(12)13)6-2-3-7-8(4-6)15-10(14)11-7;;;/h4-7H,3H2,1-2H3,(H,13,16);2-5H,1H3,(H,11,14)(H,12,13);1H4;;1H2/q;;;+1;/p-1. The normalized spacial score (nSPS) is 11.6. The Morgan fingerprint density at radius 2 is 1.37 bits per heavy atom. The number of H-pyrrole nitrogens is 2. The van der Waals surface area contributed by atoms with Gasteiger partial charge in [-0.3, -0.25) is 9.59 Å². The van der Waals surface area contributed by atoms with E-state index in [0.717, 1.165) is 35.5 Å². The van der Waals surface area contributed by atoms with Gasteiger partial charge in [0, 0.05) is 0 Å². The number of hydrogen-bond acceptors (Lipinski definition) is 8. The van der Waals surface area contributed by atoms with Crippen molar-refractivity contribution in [1.82, 2.24) is 9.97 Å². The number of nitrogens with one attached hydrogen (secondary N) is 2. The molecular formula is C23H27N2NaO5S4. The van der Waals surface area contributed by atoms with Crippen LogP contribution in [0.1, 0.15) is 51.2 Å². The van der Waals surface area contributed by atoms with Crippen molar-refractivity contribution >= 4 is 79.5 Å². The van der Waals surface area contributed by atoms with Crippen LogP contribution in [0.25, 0.3) is 20.4 Å². The van der Waals surface area contributed by atoms with Crippen LogP contribution < -0.4 is 29.6 Å². The van der Waals surface area contributed by atoms with Gasteiger partial charge in [0.25, 0.3) is 0 Å². The molecule has 0 aliphatic heterocycles. The number of benzene rings is 2. The number of carboxylic acids is 1. The summed E-state index contributed by atoms with van der Waals surface area (Å²) in [5, 5.41) is 8.89. The smallest absolute Gasteiger partial charge is 0.870 e. The molecule has 2 aromatic carbocycles. The summed E-state index contributed by atoms with van der Waals surface area (Å²) < 4.78 is 8.55. The van der Waals surface area contributed by atoms with Gasteiger partial charge in [-0.05, 0) is 80.6 Å². The molecule has 0 aliphatic carbocycles. The Labute approximate surface area is 244 Å².